The molecular formula is C17H16N2O2S. The van der Waals surface area contributed by atoms with Crippen molar-refractivity contribution in [2.45, 2.75) is 20.8 Å². The van der Waals surface area contributed by atoms with E-state index in [0.29, 0.717) is 5.76 Å². The van der Waals surface area contributed by atoms with E-state index >= 15 is 0 Å². The number of thiazole rings is 1. The Bertz CT molecular complexity index is 813. The van der Waals surface area contributed by atoms with E-state index in [-0.39, 0.29) is 11.7 Å². The second-order valence-corrected chi connectivity index (χ2v) is 6.31. The smallest absolute Gasteiger partial charge is 0.291 e. The van der Waals surface area contributed by atoms with Gasteiger partial charge in [0.2, 0.25) is 0 Å². The number of anilines is 1. The topological polar surface area (TPSA) is 55.1 Å². The van der Waals surface area contributed by atoms with Crippen LogP contribution in [0.25, 0.3) is 11.5 Å². The van der Waals surface area contributed by atoms with Gasteiger partial charge < -0.3 is 9.73 Å². The Morgan fingerprint density at radius 1 is 1.14 bits per heavy atom. The van der Waals surface area contributed by atoms with Gasteiger partial charge >= 0.3 is 0 Å². The van der Waals surface area contributed by atoms with Crippen LogP contribution in [0.2, 0.25) is 0 Å². The van der Waals surface area contributed by atoms with Crippen LogP contribution < -0.4 is 5.32 Å². The summed E-state index contributed by atoms with van der Waals surface area (Å²) in [5.74, 6) is 0.623. The number of amides is 1. The van der Waals surface area contributed by atoms with E-state index in [2.05, 4.69) is 16.4 Å². The standard InChI is InChI=1S/C17H16N2O2S/c1-10-6-11(2)8-13(7-10)19-17(20)16-5-4-15(21-16)14-9-22-12(3)18-14/h4-9H,1-3H3,(H,19,20). The molecule has 3 rings (SSSR count). The van der Waals surface area contributed by atoms with E-state index in [1.165, 1.54) is 0 Å². The molecule has 3 aromatic rings. The van der Waals surface area contributed by atoms with Gasteiger partial charge in [0.05, 0.1) is 5.01 Å². The van der Waals surface area contributed by atoms with Crippen LogP contribution in [0.3, 0.4) is 0 Å². The summed E-state index contributed by atoms with van der Waals surface area (Å²) in [5.41, 5.74) is 3.74. The highest BCUT2D eigenvalue weighted by atomic mass is 32.1. The summed E-state index contributed by atoms with van der Waals surface area (Å²) >= 11 is 1.55. The van der Waals surface area contributed by atoms with Crippen LogP contribution in [0, 0.1) is 20.8 Å². The first-order valence-corrected chi connectivity index (χ1v) is 7.81. The number of benzene rings is 1. The molecule has 0 radical (unpaired) electrons. The maximum atomic E-state index is 12.3. The van der Waals surface area contributed by atoms with Crippen LogP contribution >= 0.6 is 11.3 Å². The van der Waals surface area contributed by atoms with Crippen LogP contribution in [0.5, 0.6) is 0 Å². The van der Waals surface area contributed by atoms with E-state index in [4.69, 9.17) is 4.42 Å². The summed E-state index contributed by atoms with van der Waals surface area (Å²) < 4.78 is 5.61. The molecule has 0 spiro atoms. The number of nitrogens with zero attached hydrogens (tertiary/aromatic N) is 1. The number of carbonyl (C=O) groups is 1. The van der Waals surface area contributed by atoms with Crippen molar-refractivity contribution in [1.82, 2.24) is 4.98 Å². The monoisotopic (exact) mass is 312 g/mol. The highest BCUT2D eigenvalue weighted by molar-refractivity contribution is 7.09. The minimum atomic E-state index is -0.261. The van der Waals surface area contributed by atoms with E-state index < -0.39 is 0 Å². The van der Waals surface area contributed by atoms with Gasteiger partial charge in [-0.3, -0.25) is 4.79 Å². The fourth-order valence-corrected chi connectivity index (χ4v) is 2.92. The summed E-state index contributed by atoms with van der Waals surface area (Å²) in [6.07, 6.45) is 0. The first kappa shape index (κ1) is 14.5. The largest absolute Gasteiger partial charge is 0.449 e. The number of hydrogen-bond donors (Lipinski definition) is 1. The summed E-state index contributed by atoms with van der Waals surface area (Å²) in [6.45, 7) is 5.93. The zero-order valence-corrected chi connectivity index (χ0v) is 13.5. The summed E-state index contributed by atoms with van der Waals surface area (Å²) in [5, 5.41) is 5.74. The normalized spacial score (nSPS) is 10.7. The third-order valence-electron chi connectivity index (χ3n) is 3.18. The molecular weight excluding hydrogens is 296 g/mol. The zero-order valence-electron chi connectivity index (χ0n) is 12.6. The van der Waals surface area contributed by atoms with Gasteiger partial charge in [-0.05, 0) is 56.2 Å². The molecule has 0 fully saturated rings. The second-order valence-electron chi connectivity index (χ2n) is 5.25. The van der Waals surface area contributed by atoms with Crippen LogP contribution in [0.15, 0.2) is 40.1 Å². The van der Waals surface area contributed by atoms with Crippen molar-refractivity contribution in [1.29, 1.82) is 0 Å². The fraction of sp³-hybridized carbons (Fsp3) is 0.176. The van der Waals surface area contributed by atoms with E-state index in [9.17, 15) is 4.79 Å². The molecule has 0 saturated heterocycles. The van der Waals surface area contributed by atoms with Gasteiger partial charge in [-0.1, -0.05) is 6.07 Å². The first-order chi connectivity index (χ1) is 10.5. The molecule has 0 unspecified atom stereocenters. The zero-order chi connectivity index (χ0) is 15.7. The van der Waals surface area contributed by atoms with E-state index in [0.717, 1.165) is 27.5 Å². The van der Waals surface area contributed by atoms with Crippen LogP contribution in [0.4, 0.5) is 5.69 Å². The molecule has 5 heteroatoms. The third kappa shape index (κ3) is 3.09. The third-order valence-corrected chi connectivity index (χ3v) is 3.95. The molecule has 0 atom stereocenters. The second kappa shape index (κ2) is 5.77. The van der Waals surface area contributed by atoms with Crippen molar-refractivity contribution in [3.8, 4) is 11.5 Å². The Hall–Kier alpha value is -2.40. The average Bonchev–Trinajstić information content (AvgIpc) is 3.05. The van der Waals surface area contributed by atoms with Crippen LogP contribution in [-0.4, -0.2) is 10.9 Å². The lowest BCUT2D eigenvalue weighted by Gasteiger charge is -2.06. The Balaban J connectivity index is 1.79. The van der Waals surface area contributed by atoms with Gasteiger partial charge in [0.15, 0.2) is 11.5 Å². The van der Waals surface area contributed by atoms with Crippen molar-refractivity contribution in [3.63, 3.8) is 0 Å². The Kier molecular flexibility index (Phi) is 3.81. The molecule has 112 valence electrons. The fourth-order valence-electron chi connectivity index (χ4n) is 2.31. The van der Waals surface area contributed by atoms with Crippen molar-refractivity contribution in [2.75, 3.05) is 5.32 Å². The number of aryl methyl sites for hydroxylation is 3. The van der Waals surface area contributed by atoms with Crippen molar-refractivity contribution < 1.29 is 9.21 Å². The number of aromatic nitrogens is 1. The molecule has 2 aromatic heterocycles. The van der Waals surface area contributed by atoms with Gasteiger partial charge in [0, 0.05) is 11.1 Å². The van der Waals surface area contributed by atoms with Gasteiger partial charge in [-0.2, -0.15) is 0 Å². The highest BCUT2D eigenvalue weighted by Crippen LogP contribution is 2.24. The highest BCUT2D eigenvalue weighted by Gasteiger charge is 2.14. The summed E-state index contributed by atoms with van der Waals surface area (Å²) in [7, 11) is 0. The number of furan rings is 1. The van der Waals surface area contributed by atoms with Crippen molar-refractivity contribution in [3.05, 3.63) is 57.6 Å². The Morgan fingerprint density at radius 2 is 1.86 bits per heavy atom. The number of nitrogens with one attached hydrogen (secondary N) is 1. The first-order valence-electron chi connectivity index (χ1n) is 6.93. The predicted molar refractivity (Wildman–Crippen MR) is 88.4 cm³/mol. The molecule has 1 aromatic carbocycles. The lowest BCUT2D eigenvalue weighted by atomic mass is 10.1. The van der Waals surface area contributed by atoms with Crippen molar-refractivity contribution in [2.24, 2.45) is 0 Å². The van der Waals surface area contributed by atoms with Gasteiger partial charge in [0.25, 0.3) is 5.91 Å². The number of rotatable bonds is 3. The molecule has 0 aliphatic carbocycles. The summed E-state index contributed by atoms with van der Waals surface area (Å²) in [6, 6.07) is 9.36. The quantitative estimate of drug-likeness (QED) is 0.770. The lowest BCUT2D eigenvalue weighted by Crippen LogP contribution is -2.11. The molecule has 0 aliphatic heterocycles. The molecule has 1 N–H and O–H groups in total. The molecule has 0 saturated carbocycles. The SMILES string of the molecule is Cc1cc(C)cc(NC(=O)c2ccc(-c3csc(C)n3)o2)c1. The van der Waals surface area contributed by atoms with Crippen LogP contribution in [0.1, 0.15) is 26.7 Å². The van der Waals surface area contributed by atoms with Crippen LogP contribution in [-0.2, 0) is 0 Å². The molecule has 2 heterocycles. The predicted octanol–water partition coefficient (Wildman–Crippen LogP) is 4.58. The van der Waals surface area contributed by atoms with E-state index in [1.807, 2.05) is 38.3 Å². The number of carbonyl (C=O) groups excluding carboxylic acids is 1. The molecule has 1 amide bonds. The Labute approximate surface area is 132 Å². The summed E-state index contributed by atoms with van der Waals surface area (Å²) in [4.78, 5) is 16.6. The lowest BCUT2D eigenvalue weighted by molar-refractivity contribution is 0.0997. The maximum Gasteiger partial charge on any atom is 0.291 e. The minimum absolute atomic E-state index is 0.261. The number of hydrogen-bond acceptors (Lipinski definition) is 4. The van der Waals surface area contributed by atoms with Crippen molar-refractivity contribution >= 4 is 22.9 Å². The Morgan fingerprint density at radius 3 is 2.50 bits per heavy atom. The van der Waals surface area contributed by atoms with Gasteiger partial charge in [-0.25, -0.2) is 4.98 Å². The van der Waals surface area contributed by atoms with E-state index in [1.54, 1.807) is 23.5 Å². The molecule has 22 heavy (non-hydrogen) atoms. The molecule has 0 bridgehead atoms. The molecule has 0 aliphatic rings. The molecule has 4 nitrogen and oxygen atoms in total. The average molecular weight is 312 g/mol. The van der Waals surface area contributed by atoms with Gasteiger partial charge in [-0.15, -0.1) is 11.3 Å². The minimum Gasteiger partial charge on any atom is -0.449 e. The maximum absolute atomic E-state index is 12.3. The van der Waals surface area contributed by atoms with Gasteiger partial charge in [0.1, 0.15) is 5.69 Å².